The summed E-state index contributed by atoms with van der Waals surface area (Å²) < 4.78 is 26.1. The summed E-state index contributed by atoms with van der Waals surface area (Å²) in [5.74, 6) is -2.26. The second kappa shape index (κ2) is 7.10. The van der Waals surface area contributed by atoms with Gasteiger partial charge >= 0.3 is 6.09 Å². The smallest absolute Gasteiger partial charge is 0.407 e. The van der Waals surface area contributed by atoms with Crippen molar-refractivity contribution in [3.05, 3.63) is 35.4 Å². The number of hydrogen-bond acceptors (Lipinski definition) is 4. The van der Waals surface area contributed by atoms with Crippen molar-refractivity contribution in [1.82, 2.24) is 10.2 Å². The molecule has 2 amide bonds. The van der Waals surface area contributed by atoms with E-state index in [1.807, 2.05) is 0 Å². The predicted octanol–water partition coefficient (Wildman–Crippen LogP) is 0.619. The van der Waals surface area contributed by atoms with Gasteiger partial charge in [0.15, 0.2) is 5.60 Å². The molecular weight excluding hydrogens is 326 g/mol. The van der Waals surface area contributed by atoms with Crippen molar-refractivity contribution in [1.29, 1.82) is 0 Å². The van der Waals surface area contributed by atoms with E-state index in [9.17, 15) is 28.6 Å². The van der Waals surface area contributed by atoms with Crippen LogP contribution in [0.3, 0.4) is 0 Å². The number of nitrogens with zero attached hydrogens (tertiary/aromatic N) is 1. The number of aliphatic hydroxyl groups excluding tert-OH is 1. The summed E-state index contributed by atoms with van der Waals surface area (Å²) in [4.78, 5) is 23.3. The van der Waals surface area contributed by atoms with Crippen molar-refractivity contribution in [3.8, 4) is 0 Å². The molecule has 1 aliphatic rings. The Kier molecular flexibility index (Phi) is 5.35. The Balaban J connectivity index is 1.73. The van der Waals surface area contributed by atoms with Crippen LogP contribution in [0.1, 0.15) is 24.5 Å². The fraction of sp³-hybridized carbons (Fsp3) is 0.467. The highest BCUT2D eigenvalue weighted by molar-refractivity contribution is 5.88. The summed E-state index contributed by atoms with van der Waals surface area (Å²) in [6.45, 7) is -0.457. The van der Waals surface area contributed by atoms with E-state index in [1.54, 1.807) is 0 Å². The lowest BCUT2D eigenvalue weighted by molar-refractivity contribution is -0.155. The molecule has 1 saturated heterocycles. The Labute approximate surface area is 136 Å². The highest BCUT2D eigenvalue weighted by atomic mass is 19.1. The molecule has 132 valence electrons. The van der Waals surface area contributed by atoms with Crippen LogP contribution in [-0.2, 0) is 4.79 Å². The van der Waals surface area contributed by atoms with Gasteiger partial charge in [-0.05, 0) is 30.5 Å². The number of nitrogens with one attached hydrogen (secondary N) is 1. The average Bonchev–Trinajstić information content (AvgIpc) is 2.46. The minimum absolute atomic E-state index is 0.105. The number of carbonyl (C=O) groups excluding carboxylic acids is 1. The zero-order valence-electron chi connectivity index (χ0n) is 12.7. The van der Waals surface area contributed by atoms with Crippen molar-refractivity contribution in [2.45, 2.75) is 24.5 Å². The van der Waals surface area contributed by atoms with Crippen LogP contribution >= 0.6 is 0 Å². The first-order valence-electron chi connectivity index (χ1n) is 7.34. The van der Waals surface area contributed by atoms with Crippen LogP contribution in [0.2, 0.25) is 0 Å². The van der Waals surface area contributed by atoms with E-state index in [4.69, 9.17) is 5.11 Å². The zero-order chi connectivity index (χ0) is 17.9. The van der Waals surface area contributed by atoms with Gasteiger partial charge in [0.2, 0.25) is 0 Å². The van der Waals surface area contributed by atoms with E-state index in [-0.39, 0.29) is 31.6 Å². The lowest BCUT2D eigenvalue weighted by Gasteiger charge is -2.43. The molecule has 4 N–H and O–H groups in total. The van der Waals surface area contributed by atoms with Crippen molar-refractivity contribution in [2.24, 2.45) is 0 Å². The van der Waals surface area contributed by atoms with Crippen LogP contribution < -0.4 is 5.32 Å². The molecule has 0 bridgehead atoms. The molecule has 0 spiro atoms. The molecule has 1 aliphatic heterocycles. The maximum Gasteiger partial charge on any atom is 0.407 e. The molecule has 1 aromatic rings. The van der Waals surface area contributed by atoms with Gasteiger partial charge in [-0.1, -0.05) is 0 Å². The molecule has 0 aliphatic carbocycles. The lowest BCUT2D eigenvalue weighted by atomic mass is 9.93. The van der Waals surface area contributed by atoms with Gasteiger partial charge in [0.25, 0.3) is 5.91 Å². The van der Waals surface area contributed by atoms with Gasteiger partial charge in [-0.3, -0.25) is 4.79 Å². The Morgan fingerprint density at radius 1 is 1.25 bits per heavy atom. The minimum atomic E-state index is -1.73. The largest absolute Gasteiger partial charge is 0.465 e. The maximum atomic E-state index is 13.1. The summed E-state index contributed by atoms with van der Waals surface area (Å²) in [5.41, 5.74) is -1.63. The SMILES string of the molecule is O=C(O)N1CC(O)(C(=O)NCCC[C@@H](O)c2cc(F)cc(F)c2)C1. The normalized spacial score (nSPS) is 17.1. The third-order valence-electron chi connectivity index (χ3n) is 3.81. The molecule has 24 heavy (non-hydrogen) atoms. The summed E-state index contributed by atoms with van der Waals surface area (Å²) in [6.07, 6.45) is -1.83. The van der Waals surface area contributed by atoms with Crippen molar-refractivity contribution < 1.29 is 33.7 Å². The highest BCUT2D eigenvalue weighted by Crippen LogP contribution is 2.22. The van der Waals surface area contributed by atoms with Crippen LogP contribution in [0, 0.1) is 11.6 Å². The Bertz CT molecular complexity index is 614. The van der Waals surface area contributed by atoms with E-state index in [0.717, 1.165) is 17.0 Å². The summed E-state index contributed by atoms with van der Waals surface area (Å²) in [7, 11) is 0. The first-order chi connectivity index (χ1) is 11.2. The monoisotopic (exact) mass is 344 g/mol. The number of carboxylic acid groups (broad SMARTS) is 1. The second-order valence-corrected chi connectivity index (χ2v) is 5.79. The van der Waals surface area contributed by atoms with Gasteiger partial charge < -0.3 is 25.5 Å². The van der Waals surface area contributed by atoms with Gasteiger partial charge in [-0.25, -0.2) is 13.6 Å². The molecular formula is C15H18F2N2O5. The van der Waals surface area contributed by atoms with Crippen molar-refractivity contribution in [2.75, 3.05) is 19.6 Å². The first-order valence-corrected chi connectivity index (χ1v) is 7.34. The maximum absolute atomic E-state index is 13.1. The number of hydrogen-bond donors (Lipinski definition) is 4. The molecule has 1 heterocycles. The quantitative estimate of drug-likeness (QED) is 0.566. The molecule has 0 saturated carbocycles. The molecule has 9 heteroatoms. The summed E-state index contributed by atoms with van der Waals surface area (Å²) >= 11 is 0. The highest BCUT2D eigenvalue weighted by Gasteiger charge is 2.49. The number of benzene rings is 1. The fourth-order valence-corrected chi connectivity index (χ4v) is 2.46. The average molecular weight is 344 g/mol. The third-order valence-corrected chi connectivity index (χ3v) is 3.81. The minimum Gasteiger partial charge on any atom is -0.465 e. The zero-order valence-corrected chi connectivity index (χ0v) is 12.7. The van der Waals surface area contributed by atoms with Crippen molar-refractivity contribution >= 4 is 12.0 Å². The van der Waals surface area contributed by atoms with E-state index >= 15 is 0 Å². The lowest BCUT2D eigenvalue weighted by Crippen LogP contribution is -2.69. The predicted molar refractivity (Wildman–Crippen MR) is 78.1 cm³/mol. The van der Waals surface area contributed by atoms with Crippen LogP contribution in [0.25, 0.3) is 0 Å². The van der Waals surface area contributed by atoms with E-state index in [2.05, 4.69) is 5.32 Å². The van der Waals surface area contributed by atoms with E-state index < -0.39 is 35.3 Å². The summed E-state index contributed by atoms with van der Waals surface area (Å²) in [5, 5.41) is 30.9. The van der Waals surface area contributed by atoms with Gasteiger partial charge in [-0.2, -0.15) is 0 Å². The number of aliphatic hydroxyl groups is 2. The standard InChI is InChI=1S/C15H18F2N2O5/c16-10-4-9(5-11(17)6-10)12(20)2-1-3-18-13(21)15(24)7-19(8-15)14(22)23/h4-6,12,20,24H,1-3,7-8H2,(H,18,21)(H,22,23)/t12-/m1/s1. The molecule has 2 rings (SSSR count). The summed E-state index contributed by atoms with van der Waals surface area (Å²) in [6, 6.07) is 2.77. The second-order valence-electron chi connectivity index (χ2n) is 5.79. The van der Waals surface area contributed by atoms with Crippen LogP contribution in [0.15, 0.2) is 18.2 Å². The number of amides is 2. The number of β-amino-alcohol motifs (C(OH)–C–C–N with tert-alkyl or cyclic N) is 1. The molecule has 1 aromatic carbocycles. The molecule has 7 nitrogen and oxygen atoms in total. The molecule has 1 fully saturated rings. The molecule has 1 atom stereocenters. The Morgan fingerprint density at radius 3 is 2.38 bits per heavy atom. The topological polar surface area (TPSA) is 110 Å². The molecule has 0 radical (unpaired) electrons. The Morgan fingerprint density at radius 2 is 1.83 bits per heavy atom. The first kappa shape index (κ1) is 18.1. The molecule has 0 unspecified atom stereocenters. The molecule has 0 aromatic heterocycles. The van der Waals surface area contributed by atoms with E-state index in [0.29, 0.717) is 12.5 Å². The fourth-order valence-electron chi connectivity index (χ4n) is 2.46. The number of likely N-dealkylation sites (tertiary alicyclic amines) is 1. The number of rotatable bonds is 6. The van der Waals surface area contributed by atoms with Gasteiger partial charge in [0, 0.05) is 12.6 Å². The third kappa shape index (κ3) is 4.18. The Hall–Kier alpha value is -2.26. The van der Waals surface area contributed by atoms with E-state index in [1.165, 1.54) is 0 Å². The number of carbonyl (C=O) groups is 2. The number of halogens is 2. The van der Waals surface area contributed by atoms with Crippen LogP contribution in [-0.4, -0.2) is 57.5 Å². The van der Waals surface area contributed by atoms with Gasteiger partial charge in [0.05, 0.1) is 19.2 Å². The van der Waals surface area contributed by atoms with Gasteiger partial charge in [-0.15, -0.1) is 0 Å². The van der Waals surface area contributed by atoms with Crippen molar-refractivity contribution in [3.63, 3.8) is 0 Å². The van der Waals surface area contributed by atoms with Crippen LogP contribution in [0.5, 0.6) is 0 Å². The van der Waals surface area contributed by atoms with Crippen LogP contribution in [0.4, 0.5) is 13.6 Å². The van der Waals surface area contributed by atoms with Gasteiger partial charge in [0.1, 0.15) is 11.6 Å².